The van der Waals surface area contributed by atoms with Crippen LogP contribution < -0.4 is 4.74 Å². The lowest BCUT2D eigenvalue weighted by Crippen LogP contribution is -2.51. The van der Waals surface area contributed by atoms with Crippen LogP contribution >= 0.6 is 0 Å². The van der Waals surface area contributed by atoms with Crippen LogP contribution in [0, 0.1) is 5.92 Å². The van der Waals surface area contributed by atoms with Crippen LogP contribution in [0.15, 0.2) is 43.0 Å². The molecule has 1 aliphatic carbocycles. The molecule has 2 fully saturated rings. The lowest BCUT2D eigenvalue weighted by atomic mass is 10.1. The molecule has 7 heteroatoms. The number of rotatable bonds is 4. The molecule has 0 bridgehead atoms. The minimum absolute atomic E-state index is 0.0618. The van der Waals surface area contributed by atoms with Crippen molar-refractivity contribution in [3.8, 4) is 5.88 Å². The molecule has 0 unspecified atom stereocenters. The normalized spacial score (nSPS) is 25.4. The number of amides is 1. The summed E-state index contributed by atoms with van der Waals surface area (Å²) in [5.74, 6) is 0.899. The molecule has 0 radical (unpaired) electrons. The molecule has 2 aliphatic rings. The van der Waals surface area contributed by atoms with Crippen molar-refractivity contribution in [1.29, 1.82) is 0 Å². The predicted molar refractivity (Wildman–Crippen MR) is 89.1 cm³/mol. The molecule has 130 valence electrons. The van der Waals surface area contributed by atoms with Crippen LogP contribution in [0.5, 0.6) is 5.88 Å². The van der Waals surface area contributed by atoms with Gasteiger partial charge in [-0.05, 0) is 24.8 Å². The molecule has 0 spiro atoms. The van der Waals surface area contributed by atoms with Gasteiger partial charge in [0.25, 0.3) is 5.91 Å². The summed E-state index contributed by atoms with van der Waals surface area (Å²) in [6.45, 7) is 1.73. The maximum atomic E-state index is 12.8. The third kappa shape index (κ3) is 3.46. The van der Waals surface area contributed by atoms with Gasteiger partial charge in [0.05, 0.1) is 31.6 Å². The first kappa shape index (κ1) is 16.0. The maximum absolute atomic E-state index is 12.8. The molecule has 3 atom stereocenters. The molecule has 7 nitrogen and oxygen atoms in total. The summed E-state index contributed by atoms with van der Waals surface area (Å²) >= 11 is 0. The number of hydrogen-bond acceptors (Lipinski definition) is 6. The van der Waals surface area contributed by atoms with Crippen molar-refractivity contribution in [2.75, 3.05) is 19.8 Å². The zero-order chi connectivity index (χ0) is 17.1. The number of hydrogen-bond donors (Lipinski definition) is 0. The second kappa shape index (κ2) is 7.14. The van der Waals surface area contributed by atoms with Gasteiger partial charge in [-0.3, -0.25) is 9.78 Å². The minimum Gasteiger partial charge on any atom is -0.477 e. The second-order valence-electron chi connectivity index (χ2n) is 6.38. The van der Waals surface area contributed by atoms with E-state index in [1.165, 1.54) is 6.20 Å². The molecule has 1 amide bonds. The van der Waals surface area contributed by atoms with E-state index in [1.54, 1.807) is 18.6 Å². The summed E-state index contributed by atoms with van der Waals surface area (Å²) in [5.41, 5.74) is 0.385. The third-order valence-corrected chi connectivity index (χ3v) is 4.78. The first-order valence-electron chi connectivity index (χ1n) is 8.53. The quantitative estimate of drug-likeness (QED) is 0.841. The molecule has 3 heterocycles. The predicted octanol–water partition coefficient (Wildman–Crippen LogP) is 1.57. The topological polar surface area (TPSA) is 77.4 Å². The zero-order valence-corrected chi connectivity index (χ0v) is 13.8. The van der Waals surface area contributed by atoms with E-state index in [4.69, 9.17) is 9.47 Å². The van der Waals surface area contributed by atoms with Crippen molar-refractivity contribution in [2.45, 2.75) is 25.0 Å². The molecule has 0 N–H and O–H groups in total. The van der Waals surface area contributed by atoms with Crippen LogP contribution in [0.25, 0.3) is 0 Å². The van der Waals surface area contributed by atoms with Crippen molar-refractivity contribution in [3.05, 3.63) is 48.7 Å². The number of fused-ring (bicyclic) bond motifs is 1. The van der Waals surface area contributed by atoms with E-state index in [1.807, 2.05) is 23.1 Å². The van der Waals surface area contributed by atoms with Gasteiger partial charge in [-0.25, -0.2) is 9.97 Å². The Morgan fingerprint density at radius 1 is 1.24 bits per heavy atom. The van der Waals surface area contributed by atoms with Crippen LogP contribution in [0.1, 0.15) is 23.3 Å². The highest BCUT2D eigenvalue weighted by Crippen LogP contribution is 2.35. The number of nitrogens with zero attached hydrogens (tertiary/aromatic N) is 4. The van der Waals surface area contributed by atoms with E-state index >= 15 is 0 Å². The largest absolute Gasteiger partial charge is 0.477 e. The van der Waals surface area contributed by atoms with Gasteiger partial charge < -0.3 is 14.4 Å². The smallest absolute Gasteiger partial charge is 0.274 e. The van der Waals surface area contributed by atoms with Crippen LogP contribution in [-0.2, 0) is 4.74 Å². The molecule has 2 aromatic rings. The molecule has 0 aromatic carbocycles. The summed E-state index contributed by atoms with van der Waals surface area (Å²) in [6.07, 6.45) is 8.16. The lowest BCUT2D eigenvalue weighted by Gasteiger charge is -2.37. The van der Waals surface area contributed by atoms with Crippen molar-refractivity contribution >= 4 is 5.91 Å². The number of carbonyl (C=O) groups is 1. The number of morpholine rings is 1. The SMILES string of the molecule is O=C(c1cnccn1)N1CCO[C@@H]2C[C@H](COc3ccccn3)C[C@@H]21. The first-order chi connectivity index (χ1) is 12.3. The summed E-state index contributed by atoms with van der Waals surface area (Å²) in [6, 6.07) is 5.69. The monoisotopic (exact) mass is 340 g/mol. The van der Waals surface area contributed by atoms with Gasteiger partial charge in [-0.2, -0.15) is 0 Å². The second-order valence-corrected chi connectivity index (χ2v) is 6.38. The summed E-state index contributed by atoms with van der Waals surface area (Å²) < 4.78 is 11.7. The number of aromatic nitrogens is 3. The van der Waals surface area contributed by atoms with Gasteiger partial charge in [-0.1, -0.05) is 6.07 Å². The molecule has 2 aromatic heterocycles. The van der Waals surface area contributed by atoms with Crippen molar-refractivity contribution in [2.24, 2.45) is 5.92 Å². The standard InChI is InChI=1S/C18H20N4O3/c23-18(14-11-19-5-6-20-14)22-7-8-24-16-10-13(9-15(16)22)12-25-17-3-1-2-4-21-17/h1-6,11,13,15-16H,7-10,12H2/t13-,15+,16-/m1/s1. The van der Waals surface area contributed by atoms with Crippen LogP contribution in [0.2, 0.25) is 0 Å². The van der Waals surface area contributed by atoms with E-state index < -0.39 is 0 Å². The Morgan fingerprint density at radius 2 is 2.20 bits per heavy atom. The highest BCUT2D eigenvalue weighted by Gasteiger charge is 2.43. The Balaban J connectivity index is 1.41. The summed E-state index contributed by atoms with van der Waals surface area (Å²) in [4.78, 5) is 27.0. The number of ether oxygens (including phenoxy) is 2. The minimum atomic E-state index is -0.0716. The maximum Gasteiger partial charge on any atom is 0.274 e. The van der Waals surface area contributed by atoms with E-state index in [2.05, 4.69) is 15.0 Å². The number of carbonyl (C=O) groups excluding carboxylic acids is 1. The number of pyridine rings is 1. The molecular weight excluding hydrogens is 320 g/mol. The fourth-order valence-electron chi connectivity index (χ4n) is 3.63. The Morgan fingerprint density at radius 3 is 3.00 bits per heavy atom. The molecule has 4 rings (SSSR count). The summed E-state index contributed by atoms with van der Waals surface area (Å²) in [5, 5.41) is 0. The highest BCUT2D eigenvalue weighted by atomic mass is 16.5. The molecule has 25 heavy (non-hydrogen) atoms. The van der Waals surface area contributed by atoms with Crippen LogP contribution in [0.3, 0.4) is 0 Å². The Bertz CT molecular complexity index is 713. The molecule has 1 saturated heterocycles. The van der Waals surface area contributed by atoms with E-state index in [9.17, 15) is 4.79 Å². The zero-order valence-electron chi connectivity index (χ0n) is 13.8. The van der Waals surface area contributed by atoms with Gasteiger partial charge in [0.15, 0.2) is 0 Å². The van der Waals surface area contributed by atoms with E-state index in [0.29, 0.717) is 37.3 Å². The molecule has 1 aliphatic heterocycles. The summed E-state index contributed by atoms with van der Waals surface area (Å²) in [7, 11) is 0. The van der Waals surface area contributed by atoms with Gasteiger partial charge in [-0.15, -0.1) is 0 Å². The van der Waals surface area contributed by atoms with Crippen molar-refractivity contribution < 1.29 is 14.3 Å². The molecular formula is C18H20N4O3. The lowest BCUT2D eigenvalue weighted by molar-refractivity contribution is -0.0450. The van der Waals surface area contributed by atoms with Crippen LogP contribution in [0.4, 0.5) is 0 Å². The third-order valence-electron chi connectivity index (χ3n) is 4.78. The van der Waals surface area contributed by atoms with E-state index in [0.717, 1.165) is 12.8 Å². The fraction of sp³-hybridized carbons (Fsp3) is 0.444. The average Bonchev–Trinajstić information content (AvgIpc) is 3.10. The van der Waals surface area contributed by atoms with Crippen LogP contribution in [-0.4, -0.2) is 57.7 Å². The Hall–Kier alpha value is -2.54. The van der Waals surface area contributed by atoms with Gasteiger partial charge in [0.1, 0.15) is 5.69 Å². The van der Waals surface area contributed by atoms with Gasteiger partial charge in [0, 0.05) is 31.2 Å². The Labute approximate surface area is 146 Å². The molecule has 1 saturated carbocycles. The highest BCUT2D eigenvalue weighted by molar-refractivity contribution is 5.92. The van der Waals surface area contributed by atoms with Gasteiger partial charge >= 0.3 is 0 Å². The van der Waals surface area contributed by atoms with Gasteiger partial charge in [0.2, 0.25) is 5.88 Å². The van der Waals surface area contributed by atoms with Crippen molar-refractivity contribution in [1.82, 2.24) is 19.9 Å². The fourth-order valence-corrected chi connectivity index (χ4v) is 3.63. The first-order valence-corrected chi connectivity index (χ1v) is 8.53. The van der Waals surface area contributed by atoms with Crippen molar-refractivity contribution in [3.63, 3.8) is 0 Å². The van der Waals surface area contributed by atoms with E-state index in [-0.39, 0.29) is 18.1 Å². The average molecular weight is 340 g/mol. The Kier molecular flexibility index (Phi) is 4.56.